The molecule has 0 unspecified atom stereocenters. The smallest absolute Gasteiger partial charge is 0.414 e. The Kier molecular flexibility index (Phi) is 7.15. The fourth-order valence-corrected chi connectivity index (χ4v) is 5.03. The molecule has 0 aliphatic carbocycles. The number of carbonyl (C=O) groups excluding carboxylic acids is 2. The summed E-state index contributed by atoms with van der Waals surface area (Å²) in [5.74, 6) is -0.449. The number of halogens is 1. The Labute approximate surface area is 221 Å². The van der Waals surface area contributed by atoms with Gasteiger partial charge in [-0.1, -0.05) is 0 Å². The van der Waals surface area contributed by atoms with Crippen LogP contribution >= 0.6 is 0 Å². The molecule has 1 atom stereocenters. The Hall–Kier alpha value is -3.44. The Morgan fingerprint density at radius 3 is 2.71 bits per heavy atom. The molecule has 38 heavy (non-hydrogen) atoms. The minimum Gasteiger partial charge on any atom is -0.461 e. The second-order valence-corrected chi connectivity index (χ2v) is 10.4. The molecule has 11 heteroatoms. The fraction of sp³-hybridized carbons (Fsp3) is 0.519. The summed E-state index contributed by atoms with van der Waals surface area (Å²) in [6.07, 6.45) is 0.878. The first kappa shape index (κ1) is 26.2. The van der Waals surface area contributed by atoms with Gasteiger partial charge < -0.3 is 24.4 Å². The molecule has 1 aromatic carbocycles. The number of pyridine rings is 1. The maximum atomic E-state index is 15.2. The molecule has 4 heterocycles. The summed E-state index contributed by atoms with van der Waals surface area (Å²) in [6, 6.07) is 4.82. The first-order valence-corrected chi connectivity index (χ1v) is 12.9. The Morgan fingerprint density at radius 2 is 2.00 bits per heavy atom. The van der Waals surface area contributed by atoms with Crippen molar-refractivity contribution < 1.29 is 28.2 Å². The van der Waals surface area contributed by atoms with Crippen molar-refractivity contribution in [2.45, 2.75) is 52.7 Å². The average molecular weight is 528 g/mol. The van der Waals surface area contributed by atoms with E-state index in [1.165, 1.54) is 17.9 Å². The van der Waals surface area contributed by atoms with Crippen LogP contribution in [0.25, 0.3) is 0 Å². The van der Waals surface area contributed by atoms with Crippen LogP contribution < -0.4 is 19.9 Å². The van der Waals surface area contributed by atoms with Gasteiger partial charge in [0.05, 0.1) is 36.8 Å². The molecule has 2 fully saturated rings. The highest BCUT2D eigenvalue weighted by Crippen LogP contribution is 2.36. The van der Waals surface area contributed by atoms with Gasteiger partial charge in [0.2, 0.25) is 11.7 Å². The molecule has 204 valence electrons. The molecule has 0 saturated carbocycles. The van der Waals surface area contributed by atoms with E-state index in [0.29, 0.717) is 31.1 Å². The number of amides is 2. The van der Waals surface area contributed by atoms with E-state index >= 15 is 4.39 Å². The Morgan fingerprint density at radius 1 is 1.24 bits per heavy atom. The van der Waals surface area contributed by atoms with E-state index in [4.69, 9.17) is 14.2 Å². The lowest BCUT2D eigenvalue weighted by molar-refractivity contribution is -0.180. The molecular formula is C27H34FN5O5. The number of aryl methyl sites for hydroxylation is 1. The SMILES string of the molecule is CC(=O)NC[C@H]1CN(c2ccc(N3CCN(Cc4cnc(C)c5c4COC(C)(C)O5)CC3)c(F)c2)C(=O)O1. The predicted octanol–water partition coefficient (Wildman–Crippen LogP) is 2.96. The number of ether oxygens (including phenoxy) is 3. The van der Waals surface area contributed by atoms with E-state index in [1.807, 2.05) is 31.9 Å². The third kappa shape index (κ3) is 5.53. The number of rotatable bonds is 6. The molecule has 1 aromatic heterocycles. The molecular weight excluding hydrogens is 493 g/mol. The third-order valence-electron chi connectivity index (χ3n) is 7.12. The average Bonchev–Trinajstić information content (AvgIpc) is 3.25. The lowest BCUT2D eigenvalue weighted by Gasteiger charge is -2.38. The van der Waals surface area contributed by atoms with Gasteiger partial charge in [-0.15, -0.1) is 0 Å². The van der Waals surface area contributed by atoms with E-state index < -0.39 is 18.0 Å². The quantitative estimate of drug-likeness (QED) is 0.613. The maximum absolute atomic E-state index is 15.2. The van der Waals surface area contributed by atoms with Crippen molar-refractivity contribution in [3.05, 3.63) is 47.0 Å². The first-order chi connectivity index (χ1) is 18.1. The molecule has 3 aliphatic heterocycles. The van der Waals surface area contributed by atoms with Crippen LogP contribution in [0.1, 0.15) is 37.6 Å². The summed E-state index contributed by atoms with van der Waals surface area (Å²) in [5, 5.41) is 2.64. The summed E-state index contributed by atoms with van der Waals surface area (Å²) < 4.78 is 32.4. The van der Waals surface area contributed by atoms with E-state index in [9.17, 15) is 9.59 Å². The maximum Gasteiger partial charge on any atom is 0.414 e. The van der Waals surface area contributed by atoms with Gasteiger partial charge >= 0.3 is 6.09 Å². The van der Waals surface area contributed by atoms with E-state index in [-0.39, 0.29) is 24.8 Å². The zero-order chi connectivity index (χ0) is 27.0. The number of hydrogen-bond donors (Lipinski definition) is 1. The molecule has 0 bridgehead atoms. The normalized spacial score (nSPS) is 21.1. The highest BCUT2D eigenvalue weighted by Gasteiger charge is 2.34. The minimum absolute atomic E-state index is 0.197. The number of nitrogens with one attached hydrogen (secondary N) is 1. The number of cyclic esters (lactones) is 1. The highest BCUT2D eigenvalue weighted by atomic mass is 19.1. The Bertz CT molecular complexity index is 1230. The molecule has 3 aliphatic rings. The van der Waals surface area contributed by atoms with Crippen molar-refractivity contribution in [1.82, 2.24) is 15.2 Å². The van der Waals surface area contributed by atoms with Gasteiger partial charge in [-0.3, -0.25) is 19.6 Å². The van der Waals surface area contributed by atoms with E-state index in [1.54, 1.807) is 12.1 Å². The van der Waals surface area contributed by atoms with E-state index in [0.717, 1.165) is 42.2 Å². The van der Waals surface area contributed by atoms with Gasteiger partial charge in [-0.05, 0) is 30.7 Å². The van der Waals surface area contributed by atoms with Gasteiger partial charge in [-0.25, -0.2) is 9.18 Å². The monoisotopic (exact) mass is 527 g/mol. The topological polar surface area (TPSA) is 96.5 Å². The summed E-state index contributed by atoms with van der Waals surface area (Å²) in [5.41, 5.74) is 3.92. The number of aromatic nitrogens is 1. The number of fused-ring (bicyclic) bond motifs is 1. The van der Waals surface area contributed by atoms with Crippen LogP contribution in [-0.4, -0.2) is 73.0 Å². The van der Waals surface area contributed by atoms with Crippen molar-refractivity contribution >= 4 is 23.4 Å². The molecule has 2 aromatic rings. The molecule has 1 N–H and O–H groups in total. The lowest BCUT2D eigenvalue weighted by Crippen LogP contribution is -2.46. The fourth-order valence-electron chi connectivity index (χ4n) is 5.03. The number of anilines is 2. The van der Waals surface area contributed by atoms with Gasteiger partial charge in [0.25, 0.3) is 0 Å². The van der Waals surface area contributed by atoms with Crippen LogP contribution in [0.4, 0.5) is 20.6 Å². The summed E-state index contributed by atoms with van der Waals surface area (Å²) in [7, 11) is 0. The molecule has 0 radical (unpaired) electrons. The second kappa shape index (κ2) is 10.4. The van der Waals surface area contributed by atoms with Gasteiger partial charge in [-0.2, -0.15) is 0 Å². The van der Waals surface area contributed by atoms with Crippen LogP contribution in [0.2, 0.25) is 0 Å². The molecule has 2 saturated heterocycles. The first-order valence-electron chi connectivity index (χ1n) is 12.9. The van der Waals surface area contributed by atoms with Crippen LogP contribution in [-0.2, 0) is 27.4 Å². The van der Waals surface area contributed by atoms with Gasteiger partial charge in [0.1, 0.15) is 17.7 Å². The standard InChI is InChI=1S/C27H34FN5O5/c1-17-25-22(16-36-27(3,4)38-25)19(12-29-17)14-31-7-9-32(10-8-31)24-6-5-20(11-23(24)28)33-15-21(37-26(33)35)13-30-18(2)34/h5-6,11-12,21H,7-10,13-16H2,1-4H3,(H,30,34)/t21-/m0/s1. The second-order valence-electron chi connectivity index (χ2n) is 10.4. The van der Waals surface area contributed by atoms with Crippen LogP contribution in [0.15, 0.2) is 24.4 Å². The van der Waals surface area contributed by atoms with Crippen molar-refractivity contribution in [2.75, 3.05) is 49.1 Å². The largest absolute Gasteiger partial charge is 0.461 e. The van der Waals surface area contributed by atoms with Crippen molar-refractivity contribution in [3.8, 4) is 5.75 Å². The molecule has 0 spiro atoms. The summed E-state index contributed by atoms with van der Waals surface area (Å²) in [4.78, 5) is 33.7. The number of benzene rings is 1. The Balaban J connectivity index is 1.20. The zero-order valence-corrected chi connectivity index (χ0v) is 22.3. The van der Waals surface area contributed by atoms with Crippen molar-refractivity contribution in [2.24, 2.45) is 0 Å². The van der Waals surface area contributed by atoms with Crippen LogP contribution in [0, 0.1) is 12.7 Å². The van der Waals surface area contributed by atoms with Crippen molar-refractivity contribution in [3.63, 3.8) is 0 Å². The minimum atomic E-state index is -0.674. The van der Waals surface area contributed by atoms with Gasteiger partial charge in [0, 0.05) is 65.3 Å². The highest BCUT2D eigenvalue weighted by molar-refractivity contribution is 5.90. The lowest BCUT2D eigenvalue weighted by atomic mass is 10.1. The number of carbonyl (C=O) groups is 2. The number of piperazine rings is 1. The van der Waals surface area contributed by atoms with Crippen LogP contribution in [0.5, 0.6) is 5.75 Å². The molecule has 5 rings (SSSR count). The predicted molar refractivity (Wildman–Crippen MR) is 139 cm³/mol. The summed E-state index contributed by atoms with van der Waals surface area (Å²) in [6.45, 7) is 11.7. The van der Waals surface area contributed by atoms with Crippen molar-refractivity contribution in [1.29, 1.82) is 0 Å². The number of hydrogen-bond acceptors (Lipinski definition) is 8. The molecule has 2 amide bonds. The third-order valence-corrected chi connectivity index (χ3v) is 7.12. The van der Waals surface area contributed by atoms with Gasteiger partial charge in [0.15, 0.2) is 0 Å². The van der Waals surface area contributed by atoms with E-state index in [2.05, 4.69) is 15.2 Å². The van der Waals surface area contributed by atoms with Crippen LogP contribution in [0.3, 0.4) is 0 Å². The molecule has 10 nitrogen and oxygen atoms in total. The summed E-state index contributed by atoms with van der Waals surface area (Å²) >= 11 is 0. The zero-order valence-electron chi connectivity index (χ0n) is 22.3. The number of nitrogens with zero attached hydrogens (tertiary/aromatic N) is 4.